The maximum absolute atomic E-state index is 12.5. The molecule has 27 heavy (non-hydrogen) atoms. The van der Waals surface area contributed by atoms with Crippen LogP contribution in [-0.4, -0.2) is 54.9 Å². The topological polar surface area (TPSA) is 47.9 Å². The Balaban J connectivity index is 0.00000261. The Morgan fingerprint density at radius 2 is 1.93 bits per heavy atom. The highest BCUT2D eigenvalue weighted by molar-refractivity contribution is 14.0. The van der Waals surface area contributed by atoms with E-state index >= 15 is 0 Å². The van der Waals surface area contributed by atoms with Gasteiger partial charge in [0, 0.05) is 43.1 Å². The van der Waals surface area contributed by atoms with Gasteiger partial charge in [0.2, 0.25) is 5.91 Å². The summed E-state index contributed by atoms with van der Waals surface area (Å²) in [5.74, 6) is 1.04. The molecule has 1 aliphatic heterocycles. The number of benzene rings is 1. The Bertz CT molecular complexity index is 761. The summed E-state index contributed by atoms with van der Waals surface area (Å²) in [6.45, 7) is 3.76. The number of aliphatic imine (C=N–C) groups is 1. The van der Waals surface area contributed by atoms with Gasteiger partial charge in [0.25, 0.3) is 0 Å². The van der Waals surface area contributed by atoms with E-state index in [-0.39, 0.29) is 29.9 Å². The molecule has 0 atom stereocenters. The van der Waals surface area contributed by atoms with Gasteiger partial charge in [-0.25, -0.2) is 0 Å². The number of carbonyl (C=O) groups is 1. The van der Waals surface area contributed by atoms with Crippen molar-refractivity contribution >= 4 is 58.8 Å². The van der Waals surface area contributed by atoms with Crippen LogP contribution in [0.25, 0.3) is 0 Å². The number of hydrogen-bond acceptors (Lipinski definition) is 3. The van der Waals surface area contributed by atoms with Crippen LogP contribution in [0.1, 0.15) is 10.4 Å². The standard InChI is InChI=1S/C19H23ClN4OS.HI/c1-21-19(22-14-17-6-3-11-26-17)24-9-7-23(8-10-24)18(25)13-15-4-2-5-16(20)12-15;/h2-6,11-12H,7-10,13-14H2,1H3,(H,21,22);1H. The molecule has 0 spiro atoms. The lowest BCUT2D eigenvalue weighted by Gasteiger charge is -2.36. The maximum Gasteiger partial charge on any atom is 0.227 e. The van der Waals surface area contributed by atoms with E-state index in [0.29, 0.717) is 24.5 Å². The maximum atomic E-state index is 12.5. The normalized spacial score (nSPS) is 14.7. The third kappa shape index (κ3) is 6.36. The highest BCUT2D eigenvalue weighted by atomic mass is 127. The highest BCUT2D eigenvalue weighted by Crippen LogP contribution is 2.13. The van der Waals surface area contributed by atoms with Gasteiger partial charge in [-0.15, -0.1) is 35.3 Å². The Morgan fingerprint density at radius 1 is 1.19 bits per heavy atom. The van der Waals surface area contributed by atoms with E-state index in [2.05, 4.69) is 32.7 Å². The van der Waals surface area contributed by atoms with Gasteiger partial charge in [-0.2, -0.15) is 0 Å². The van der Waals surface area contributed by atoms with Crippen LogP contribution < -0.4 is 5.32 Å². The summed E-state index contributed by atoms with van der Waals surface area (Å²) in [7, 11) is 1.80. The lowest BCUT2D eigenvalue weighted by Crippen LogP contribution is -2.53. The molecule has 0 bridgehead atoms. The second kappa shape index (κ2) is 10.9. The van der Waals surface area contributed by atoms with Gasteiger partial charge in [0.1, 0.15) is 0 Å². The van der Waals surface area contributed by atoms with E-state index in [9.17, 15) is 4.79 Å². The lowest BCUT2D eigenvalue weighted by atomic mass is 10.1. The van der Waals surface area contributed by atoms with Crippen molar-refractivity contribution in [2.45, 2.75) is 13.0 Å². The number of piperazine rings is 1. The second-order valence-corrected chi connectivity index (χ2v) is 7.62. The first-order valence-corrected chi connectivity index (χ1v) is 9.91. The van der Waals surface area contributed by atoms with Crippen molar-refractivity contribution in [3.63, 3.8) is 0 Å². The third-order valence-corrected chi connectivity index (χ3v) is 5.50. The van der Waals surface area contributed by atoms with E-state index in [1.165, 1.54) is 4.88 Å². The summed E-state index contributed by atoms with van der Waals surface area (Å²) in [5, 5.41) is 6.14. The zero-order valence-electron chi connectivity index (χ0n) is 15.2. The smallest absolute Gasteiger partial charge is 0.227 e. The predicted molar refractivity (Wildman–Crippen MR) is 123 cm³/mol. The van der Waals surface area contributed by atoms with E-state index in [1.807, 2.05) is 29.2 Å². The van der Waals surface area contributed by atoms with E-state index in [1.54, 1.807) is 18.4 Å². The van der Waals surface area contributed by atoms with Crippen molar-refractivity contribution in [1.29, 1.82) is 0 Å². The van der Waals surface area contributed by atoms with E-state index in [4.69, 9.17) is 11.6 Å². The van der Waals surface area contributed by atoms with Gasteiger partial charge in [0.15, 0.2) is 5.96 Å². The largest absolute Gasteiger partial charge is 0.351 e. The average molecular weight is 519 g/mol. The number of guanidine groups is 1. The summed E-state index contributed by atoms with van der Waals surface area (Å²) in [4.78, 5) is 22.3. The molecule has 1 fully saturated rings. The number of thiophene rings is 1. The number of carbonyl (C=O) groups excluding carboxylic acids is 1. The molecule has 5 nitrogen and oxygen atoms in total. The number of rotatable bonds is 4. The first kappa shape index (κ1) is 22.0. The van der Waals surface area contributed by atoms with Crippen molar-refractivity contribution in [1.82, 2.24) is 15.1 Å². The molecule has 1 aliphatic rings. The van der Waals surface area contributed by atoms with E-state index < -0.39 is 0 Å². The van der Waals surface area contributed by atoms with Crippen molar-refractivity contribution < 1.29 is 4.79 Å². The molecule has 146 valence electrons. The lowest BCUT2D eigenvalue weighted by molar-refractivity contribution is -0.131. The molecular weight excluding hydrogens is 495 g/mol. The van der Waals surface area contributed by atoms with Crippen LogP contribution in [0.4, 0.5) is 0 Å². The molecule has 0 unspecified atom stereocenters. The van der Waals surface area contributed by atoms with Crippen molar-refractivity contribution in [2.24, 2.45) is 4.99 Å². The molecule has 1 saturated heterocycles. The van der Waals surface area contributed by atoms with Gasteiger partial charge in [0.05, 0.1) is 13.0 Å². The van der Waals surface area contributed by atoms with Crippen LogP contribution in [-0.2, 0) is 17.8 Å². The monoisotopic (exact) mass is 518 g/mol. The zero-order chi connectivity index (χ0) is 18.4. The molecule has 1 aromatic carbocycles. The van der Waals surface area contributed by atoms with Crippen LogP contribution in [0.15, 0.2) is 46.8 Å². The molecule has 8 heteroatoms. The average Bonchev–Trinajstić information content (AvgIpc) is 3.16. The fourth-order valence-corrected chi connectivity index (χ4v) is 3.87. The predicted octanol–water partition coefficient (Wildman–Crippen LogP) is 3.48. The van der Waals surface area contributed by atoms with Crippen LogP contribution in [0.2, 0.25) is 5.02 Å². The molecule has 1 aromatic heterocycles. The fourth-order valence-electron chi connectivity index (χ4n) is 3.01. The summed E-state index contributed by atoms with van der Waals surface area (Å²) < 4.78 is 0. The van der Waals surface area contributed by atoms with Crippen molar-refractivity contribution in [3.8, 4) is 0 Å². The molecule has 0 aliphatic carbocycles. The molecule has 0 saturated carbocycles. The van der Waals surface area contributed by atoms with Crippen LogP contribution in [0.5, 0.6) is 0 Å². The summed E-state index contributed by atoms with van der Waals surface area (Å²) in [6.07, 6.45) is 0.395. The molecular formula is C19H24ClIN4OS. The van der Waals surface area contributed by atoms with Crippen LogP contribution in [0, 0.1) is 0 Å². The van der Waals surface area contributed by atoms with Crippen molar-refractivity contribution in [3.05, 3.63) is 57.2 Å². The Kier molecular flexibility index (Phi) is 8.85. The molecule has 0 radical (unpaired) electrons. The number of nitrogens with zero attached hydrogens (tertiary/aromatic N) is 3. The van der Waals surface area contributed by atoms with Crippen LogP contribution >= 0.6 is 46.9 Å². The minimum absolute atomic E-state index is 0. The molecule has 2 heterocycles. The van der Waals surface area contributed by atoms with Gasteiger partial charge < -0.3 is 15.1 Å². The van der Waals surface area contributed by atoms with Crippen LogP contribution in [0.3, 0.4) is 0 Å². The van der Waals surface area contributed by atoms with Gasteiger partial charge in [-0.3, -0.25) is 9.79 Å². The van der Waals surface area contributed by atoms with Gasteiger partial charge in [-0.1, -0.05) is 29.8 Å². The van der Waals surface area contributed by atoms with Gasteiger partial charge >= 0.3 is 0 Å². The zero-order valence-corrected chi connectivity index (χ0v) is 19.1. The summed E-state index contributed by atoms with van der Waals surface area (Å²) >= 11 is 7.73. The Morgan fingerprint density at radius 3 is 2.56 bits per heavy atom. The van der Waals surface area contributed by atoms with Gasteiger partial charge in [-0.05, 0) is 29.1 Å². The number of halogens is 2. The first-order valence-electron chi connectivity index (χ1n) is 8.66. The minimum Gasteiger partial charge on any atom is -0.351 e. The number of nitrogens with one attached hydrogen (secondary N) is 1. The SMILES string of the molecule is CN=C(NCc1cccs1)N1CCN(C(=O)Cc2cccc(Cl)c2)CC1.I. The van der Waals surface area contributed by atoms with E-state index in [0.717, 1.165) is 31.2 Å². The molecule has 1 amide bonds. The Hall–Kier alpha value is -1.32. The molecule has 1 N–H and O–H groups in total. The fraction of sp³-hybridized carbons (Fsp3) is 0.368. The summed E-state index contributed by atoms with van der Waals surface area (Å²) in [5.41, 5.74) is 0.957. The molecule has 3 rings (SSSR count). The highest BCUT2D eigenvalue weighted by Gasteiger charge is 2.23. The quantitative estimate of drug-likeness (QED) is 0.383. The number of hydrogen-bond donors (Lipinski definition) is 1. The summed E-state index contributed by atoms with van der Waals surface area (Å²) in [6, 6.07) is 11.7. The Labute approximate surface area is 186 Å². The first-order chi connectivity index (χ1) is 12.7. The van der Waals surface area contributed by atoms with Crippen molar-refractivity contribution in [2.75, 3.05) is 33.2 Å². The second-order valence-electron chi connectivity index (χ2n) is 6.15. The molecule has 2 aromatic rings. The number of amides is 1. The minimum atomic E-state index is 0. The third-order valence-electron chi connectivity index (χ3n) is 4.39.